The topological polar surface area (TPSA) is 45.8 Å². The van der Waals surface area contributed by atoms with Gasteiger partial charge in [0.15, 0.2) is 5.78 Å². The van der Waals surface area contributed by atoms with Gasteiger partial charge in [-0.3, -0.25) is 4.79 Å². The summed E-state index contributed by atoms with van der Waals surface area (Å²) in [4.78, 5) is 18.5. The number of alkyl halides is 1. The molecule has 142 valence electrons. The molecule has 4 aromatic carbocycles. The van der Waals surface area contributed by atoms with E-state index in [0.717, 1.165) is 16.6 Å². The number of carbonyl (C=O) groups excluding carboxylic acids is 1. The molecule has 1 N–H and O–H groups in total. The first-order chi connectivity index (χ1) is 14.2. The van der Waals surface area contributed by atoms with Crippen LogP contribution in [0.25, 0.3) is 32.8 Å². The summed E-state index contributed by atoms with van der Waals surface area (Å²) in [5.74, 6) is 0.121. The third kappa shape index (κ3) is 4.44. The maximum atomic E-state index is 11.4. The largest absolute Gasteiger partial charge is 0.345 e. The summed E-state index contributed by atoms with van der Waals surface area (Å²) in [5, 5.41) is 5.18. The Morgan fingerprint density at radius 2 is 1.41 bits per heavy atom. The number of carbonyl (C=O) groups is 1. The summed E-state index contributed by atoms with van der Waals surface area (Å²) < 4.78 is 0. The summed E-state index contributed by atoms with van der Waals surface area (Å²) >= 11 is 3.17. The third-order valence-corrected chi connectivity index (χ3v) is 5.26. The van der Waals surface area contributed by atoms with Crippen molar-refractivity contribution in [3.63, 3.8) is 0 Å². The molecular formula is C25H19BrN2O. The minimum atomic E-state index is 0.121. The van der Waals surface area contributed by atoms with E-state index in [0.29, 0.717) is 5.33 Å². The molecule has 5 rings (SSSR count). The van der Waals surface area contributed by atoms with Gasteiger partial charge in [0.25, 0.3) is 0 Å². The number of rotatable bonds is 3. The summed E-state index contributed by atoms with van der Waals surface area (Å²) in [5.41, 5.74) is 2.99. The van der Waals surface area contributed by atoms with E-state index in [1.165, 1.54) is 21.7 Å². The number of nitrogens with one attached hydrogen (secondary N) is 1. The van der Waals surface area contributed by atoms with Crippen LogP contribution in [0, 0.1) is 0 Å². The first kappa shape index (κ1) is 19.1. The second-order valence-corrected chi connectivity index (χ2v) is 7.21. The summed E-state index contributed by atoms with van der Waals surface area (Å²) in [6.45, 7) is 0. The first-order valence-electron chi connectivity index (χ1n) is 9.30. The van der Waals surface area contributed by atoms with Crippen LogP contribution < -0.4 is 0 Å². The van der Waals surface area contributed by atoms with Gasteiger partial charge in [0.05, 0.1) is 23.5 Å². The fraction of sp³-hybridized carbons (Fsp3) is 0.0400. The highest BCUT2D eigenvalue weighted by Gasteiger charge is 2.03. The Labute approximate surface area is 177 Å². The van der Waals surface area contributed by atoms with Crippen LogP contribution in [0.5, 0.6) is 0 Å². The standard InChI is InChI=1S/C13H10N2.C12H9BrO/c1-2-4-11-7-12(6-5-10(11)3-1)13-8-14-9-15-13;13-8-12(14)11-6-5-9-3-1-2-4-10(9)7-11/h1-9H,(H,14,15);1-7H,8H2. The number of hydrogen-bond acceptors (Lipinski definition) is 2. The van der Waals surface area contributed by atoms with Crippen LogP contribution >= 0.6 is 15.9 Å². The highest BCUT2D eigenvalue weighted by molar-refractivity contribution is 9.09. The molecule has 1 heterocycles. The quantitative estimate of drug-likeness (QED) is 0.251. The molecule has 0 fully saturated rings. The van der Waals surface area contributed by atoms with Crippen molar-refractivity contribution in [2.75, 3.05) is 5.33 Å². The van der Waals surface area contributed by atoms with E-state index < -0.39 is 0 Å². The number of benzene rings is 4. The average Bonchev–Trinajstić information content (AvgIpc) is 3.33. The number of aromatic amines is 1. The smallest absolute Gasteiger partial charge is 0.173 e. The zero-order valence-electron chi connectivity index (χ0n) is 15.7. The van der Waals surface area contributed by atoms with Gasteiger partial charge in [-0.2, -0.15) is 0 Å². The van der Waals surface area contributed by atoms with Gasteiger partial charge in [0.1, 0.15) is 0 Å². The molecule has 5 aromatic rings. The summed E-state index contributed by atoms with van der Waals surface area (Å²) in [6.07, 6.45) is 3.54. The number of H-pyrrole nitrogens is 1. The Bertz CT molecular complexity index is 1260. The molecule has 0 spiro atoms. The minimum absolute atomic E-state index is 0.121. The Morgan fingerprint density at radius 3 is 2.03 bits per heavy atom. The Hall–Kier alpha value is -3.24. The number of halogens is 1. The Morgan fingerprint density at radius 1 is 0.793 bits per heavy atom. The molecule has 0 aliphatic rings. The molecule has 0 saturated carbocycles. The van der Waals surface area contributed by atoms with Crippen molar-refractivity contribution < 1.29 is 4.79 Å². The molecule has 0 amide bonds. The molecular weight excluding hydrogens is 424 g/mol. The Balaban J connectivity index is 0.000000142. The van der Waals surface area contributed by atoms with Crippen LogP contribution in [0.1, 0.15) is 10.4 Å². The number of imidazole rings is 1. The summed E-state index contributed by atoms with van der Waals surface area (Å²) in [6, 6.07) is 28.6. The van der Waals surface area contributed by atoms with Gasteiger partial charge in [0, 0.05) is 11.1 Å². The van der Waals surface area contributed by atoms with Crippen LogP contribution in [0.4, 0.5) is 0 Å². The highest BCUT2D eigenvalue weighted by atomic mass is 79.9. The van der Waals surface area contributed by atoms with Crippen LogP contribution in [0.2, 0.25) is 0 Å². The lowest BCUT2D eigenvalue weighted by Gasteiger charge is -2.00. The normalized spacial score (nSPS) is 10.5. The molecule has 0 aliphatic heterocycles. The van der Waals surface area contributed by atoms with Crippen LogP contribution in [0.3, 0.4) is 0 Å². The molecule has 3 nitrogen and oxygen atoms in total. The molecule has 1 aromatic heterocycles. The molecule has 0 unspecified atom stereocenters. The van der Waals surface area contributed by atoms with E-state index in [2.05, 4.69) is 68.4 Å². The molecule has 0 radical (unpaired) electrons. The maximum Gasteiger partial charge on any atom is 0.173 e. The average molecular weight is 443 g/mol. The second kappa shape index (κ2) is 8.84. The van der Waals surface area contributed by atoms with Crippen molar-refractivity contribution >= 4 is 43.3 Å². The van der Waals surface area contributed by atoms with Gasteiger partial charge in [-0.05, 0) is 33.7 Å². The van der Waals surface area contributed by atoms with Gasteiger partial charge in [-0.1, -0.05) is 88.7 Å². The van der Waals surface area contributed by atoms with Gasteiger partial charge in [-0.15, -0.1) is 0 Å². The number of fused-ring (bicyclic) bond motifs is 2. The number of Topliss-reactive ketones (excluding diaryl/α,β-unsaturated/α-hetero) is 1. The van der Waals surface area contributed by atoms with Crippen LogP contribution in [-0.4, -0.2) is 21.1 Å². The summed E-state index contributed by atoms with van der Waals surface area (Å²) in [7, 11) is 0. The van der Waals surface area contributed by atoms with Crippen LogP contribution in [-0.2, 0) is 0 Å². The zero-order chi connectivity index (χ0) is 20.1. The number of aromatic nitrogens is 2. The van der Waals surface area contributed by atoms with Gasteiger partial charge in [-0.25, -0.2) is 4.98 Å². The molecule has 29 heavy (non-hydrogen) atoms. The molecule has 4 heteroatoms. The van der Waals surface area contributed by atoms with E-state index in [-0.39, 0.29) is 5.78 Å². The van der Waals surface area contributed by atoms with E-state index in [4.69, 9.17) is 0 Å². The molecule has 0 bridgehead atoms. The third-order valence-electron chi connectivity index (χ3n) is 4.75. The van der Waals surface area contributed by atoms with Crippen molar-refractivity contribution in [1.82, 2.24) is 9.97 Å². The highest BCUT2D eigenvalue weighted by Crippen LogP contribution is 2.22. The van der Waals surface area contributed by atoms with Crippen LogP contribution in [0.15, 0.2) is 97.5 Å². The first-order valence-corrected chi connectivity index (χ1v) is 10.4. The second-order valence-electron chi connectivity index (χ2n) is 6.65. The minimum Gasteiger partial charge on any atom is -0.345 e. The van der Waals surface area contributed by atoms with Crippen molar-refractivity contribution in [2.45, 2.75) is 0 Å². The molecule has 0 atom stereocenters. The van der Waals surface area contributed by atoms with Crippen molar-refractivity contribution in [3.05, 3.63) is 103 Å². The van der Waals surface area contributed by atoms with Crippen molar-refractivity contribution in [2.24, 2.45) is 0 Å². The van der Waals surface area contributed by atoms with E-state index in [9.17, 15) is 4.79 Å². The number of hydrogen-bond donors (Lipinski definition) is 1. The lowest BCUT2D eigenvalue weighted by atomic mass is 10.1. The van der Waals surface area contributed by atoms with Crippen molar-refractivity contribution in [3.8, 4) is 11.3 Å². The van der Waals surface area contributed by atoms with E-state index >= 15 is 0 Å². The zero-order valence-corrected chi connectivity index (χ0v) is 17.3. The van der Waals surface area contributed by atoms with Gasteiger partial charge in [0.2, 0.25) is 0 Å². The lowest BCUT2D eigenvalue weighted by Crippen LogP contribution is -1.98. The SMILES string of the molecule is O=C(CBr)c1ccc2ccccc2c1.c1ccc2cc(-c3cnc[nH]3)ccc2c1. The lowest BCUT2D eigenvalue weighted by molar-refractivity contribution is 0.102. The fourth-order valence-corrected chi connectivity index (χ4v) is 3.53. The van der Waals surface area contributed by atoms with Gasteiger partial charge >= 0.3 is 0 Å². The predicted octanol–water partition coefficient (Wildman–Crippen LogP) is 6.65. The maximum absolute atomic E-state index is 11.4. The van der Waals surface area contributed by atoms with Crippen molar-refractivity contribution in [1.29, 1.82) is 0 Å². The van der Waals surface area contributed by atoms with E-state index in [1.807, 2.05) is 48.7 Å². The van der Waals surface area contributed by atoms with Gasteiger partial charge < -0.3 is 4.98 Å². The molecule has 0 saturated heterocycles. The Kier molecular flexibility index (Phi) is 5.82. The molecule has 0 aliphatic carbocycles. The fourth-order valence-electron chi connectivity index (χ4n) is 3.21. The monoisotopic (exact) mass is 442 g/mol. The number of nitrogens with zero attached hydrogens (tertiary/aromatic N) is 1. The van der Waals surface area contributed by atoms with E-state index in [1.54, 1.807) is 6.33 Å². The number of ketones is 1. The predicted molar refractivity (Wildman–Crippen MR) is 124 cm³/mol.